The van der Waals surface area contributed by atoms with Crippen LogP contribution in [0.2, 0.25) is 0 Å². The predicted octanol–water partition coefficient (Wildman–Crippen LogP) is 3.88. The van der Waals surface area contributed by atoms with Crippen molar-refractivity contribution in [2.75, 3.05) is 0 Å². The summed E-state index contributed by atoms with van der Waals surface area (Å²) in [5.41, 5.74) is 1.89. The molecule has 3 fully saturated rings. The van der Waals surface area contributed by atoms with Gasteiger partial charge in [0.05, 0.1) is 6.10 Å². The highest BCUT2D eigenvalue weighted by Gasteiger charge is 2.58. The minimum Gasteiger partial charge on any atom is -0.393 e. The zero-order valence-corrected chi connectivity index (χ0v) is 13.4. The van der Waals surface area contributed by atoms with Crippen LogP contribution in [0.3, 0.4) is 0 Å². The van der Waals surface area contributed by atoms with E-state index in [1.165, 1.54) is 31.3 Å². The van der Waals surface area contributed by atoms with Gasteiger partial charge in [0.1, 0.15) is 0 Å². The Morgan fingerprint density at radius 3 is 2.67 bits per heavy atom. The number of hydrogen-bond acceptors (Lipinski definition) is 2. The summed E-state index contributed by atoms with van der Waals surface area (Å²) in [6.07, 6.45) is 10.7. The second kappa shape index (κ2) is 4.44. The van der Waals surface area contributed by atoms with Crippen molar-refractivity contribution in [3.63, 3.8) is 0 Å². The van der Waals surface area contributed by atoms with Gasteiger partial charge >= 0.3 is 0 Å². The van der Waals surface area contributed by atoms with Crippen LogP contribution in [0.15, 0.2) is 11.6 Å². The summed E-state index contributed by atoms with van der Waals surface area (Å²) < 4.78 is 0. The second-order valence-corrected chi connectivity index (χ2v) is 8.61. The van der Waals surface area contributed by atoms with E-state index in [0.717, 1.165) is 37.5 Å². The zero-order chi connectivity index (χ0) is 14.8. The van der Waals surface area contributed by atoms with Crippen LogP contribution in [0.4, 0.5) is 0 Å². The Kier molecular flexibility index (Phi) is 2.96. The average molecular weight is 288 g/mol. The van der Waals surface area contributed by atoms with Crippen LogP contribution < -0.4 is 0 Å². The van der Waals surface area contributed by atoms with Gasteiger partial charge in [0.2, 0.25) is 0 Å². The molecule has 0 aromatic carbocycles. The highest BCUT2D eigenvalue weighted by molar-refractivity contribution is 5.91. The SMILES string of the molecule is C[C@]12CCC(=O)C=C1CC[C@@H]1[C@H]2CC[C@]2(C)C(O)CC[C@@H]12. The van der Waals surface area contributed by atoms with Gasteiger partial charge in [-0.15, -0.1) is 0 Å². The Hall–Kier alpha value is -0.630. The second-order valence-electron chi connectivity index (χ2n) is 8.61. The normalized spacial score (nSPS) is 52.7. The molecule has 1 N–H and O–H groups in total. The van der Waals surface area contributed by atoms with E-state index in [-0.39, 0.29) is 16.9 Å². The fraction of sp³-hybridized carbons (Fsp3) is 0.842. The van der Waals surface area contributed by atoms with Crippen LogP contribution in [0.25, 0.3) is 0 Å². The molecule has 2 heteroatoms. The van der Waals surface area contributed by atoms with Crippen molar-refractivity contribution in [2.24, 2.45) is 28.6 Å². The van der Waals surface area contributed by atoms with Gasteiger partial charge in [-0.3, -0.25) is 4.79 Å². The van der Waals surface area contributed by atoms with Gasteiger partial charge in [0.25, 0.3) is 0 Å². The summed E-state index contributed by atoms with van der Waals surface area (Å²) in [5.74, 6) is 2.57. The smallest absolute Gasteiger partial charge is 0.155 e. The number of allylic oxidation sites excluding steroid dienone is 1. The molecule has 0 spiro atoms. The maximum absolute atomic E-state index is 11.8. The number of ketones is 1. The van der Waals surface area contributed by atoms with Gasteiger partial charge in [-0.25, -0.2) is 0 Å². The van der Waals surface area contributed by atoms with Crippen molar-refractivity contribution < 1.29 is 9.90 Å². The highest BCUT2D eigenvalue weighted by atomic mass is 16.3. The lowest BCUT2D eigenvalue weighted by Gasteiger charge is -2.57. The minimum atomic E-state index is -0.0823. The molecule has 6 atom stereocenters. The third kappa shape index (κ3) is 1.78. The number of rotatable bonds is 0. The van der Waals surface area contributed by atoms with E-state index in [1.54, 1.807) is 0 Å². The monoisotopic (exact) mass is 288 g/mol. The van der Waals surface area contributed by atoms with Gasteiger partial charge < -0.3 is 5.11 Å². The Balaban J connectivity index is 1.69. The van der Waals surface area contributed by atoms with E-state index in [4.69, 9.17) is 0 Å². The van der Waals surface area contributed by atoms with Crippen molar-refractivity contribution in [3.05, 3.63) is 11.6 Å². The van der Waals surface area contributed by atoms with Crippen molar-refractivity contribution in [1.82, 2.24) is 0 Å². The van der Waals surface area contributed by atoms with E-state index in [1.807, 2.05) is 6.08 Å². The molecule has 0 heterocycles. The lowest BCUT2D eigenvalue weighted by molar-refractivity contribution is -0.118. The van der Waals surface area contributed by atoms with Crippen LogP contribution in [0, 0.1) is 28.6 Å². The molecule has 2 nitrogen and oxygen atoms in total. The maximum Gasteiger partial charge on any atom is 0.155 e. The molecule has 21 heavy (non-hydrogen) atoms. The Labute approximate surface area is 128 Å². The largest absolute Gasteiger partial charge is 0.393 e. The highest BCUT2D eigenvalue weighted by Crippen LogP contribution is 2.65. The first-order chi connectivity index (χ1) is 9.95. The number of aliphatic hydroxyl groups is 1. The van der Waals surface area contributed by atoms with E-state index in [0.29, 0.717) is 11.7 Å². The number of aliphatic hydroxyl groups excluding tert-OH is 1. The molecule has 116 valence electrons. The Bertz CT molecular complexity index is 508. The van der Waals surface area contributed by atoms with Crippen LogP contribution in [0.1, 0.15) is 65.2 Å². The molecule has 4 aliphatic rings. The molecule has 0 aliphatic heterocycles. The van der Waals surface area contributed by atoms with Gasteiger partial charge in [0.15, 0.2) is 5.78 Å². The number of fused-ring (bicyclic) bond motifs is 5. The van der Waals surface area contributed by atoms with E-state index >= 15 is 0 Å². The van der Waals surface area contributed by atoms with Crippen molar-refractivity contribution >= 4 is 5.78 Å². The van der Waals surface area contributed by atoms with Crippen molar-refractivity contribution in [2.45, 2.75) is 71.3 Å². The molecule has 4 aliphatic carbocycles. The summed E-state index contributed by atoms with van der Waals surface area (Å²) in [5, 5.41) is 10.4. The number of carbonyl (C=O) groups is 1. The standard InChI is InChI=1S/C19H28O2/c1-18-9-7-13(20)11-12(18)3-4-14-15-5-6-17(21)19(15,2)10-8-16(14)18/h11,14-17,21H,3-10H2,1-2H3/t14-,15-,16+,17?,18-,19-/m0/s1. The molecule has 0 radical (unpaired) electrons. The molecular weight excluding hydrogens is 260 g/mol. The third-order valence-corrected chi connectivity index (χ3v) is 7.91. The first kappa shape index (κ1) is 14.0. The van der Waals surface area contributed by atoms with Crippen molar-refractivity contribution in [1.29, 1.82) is 0 Å². The summed E-state index contributed by atoms with van der Waals surface area (Å²) >= 11 is 0. The number of carbonyl (C=O) groups excluding carboxylic acids is 1. The Morgan fingerprint density at radius 1 is 1.05 bits per heavy atom. The summed E-state index contributed by atoms with van der Waals surface area (Å²) in [4.78, 5) is 11.8. The molecule has 0 aromatic heterocycles. The van der Waals surface area contributed by atoms with Gasteiger partial charge in [-0.05, 0) is 79.6 Å². The average Bonchev–Trinajstić information content (AvgIpc) is 2.76. The first-order valence-corrected chi connectivity index (χ1v) is 8.87. The zero-order valence-electron chi connectivity index (χ0n) is 13.4. The van der Waals surface area contributed by atoms with Crippen LogP contribution >= 0.6 is 0 Å². The van der Waals surface area contributed by atoms with E-state index < -0.39 is 0 Å². The molecular formula is C19H28O2. The first-order valence-electron chi connectivity index (χ1n) is 8.87. The lowest BCUT2D eigenvalue weighted by Crippen LogP contribution is -2.51. The van der Waals surface area contributed by atoms with E-state index in [9.17, 15) is 9.90 Å². The van der Waals surface area contributed by atoms with Crippen LogP contribution in [0.5, 0.6) is 0 Å². The van der Waals surface area contributed by atoms with Crippen molar-refractivity contribution in [3.8, 4) is 0 Å². The maximum atomic E-state index is 11.8. The molecule has 0 aromatic rings. The fourth-order valence-corrected chi connectivity index (χ4v) is 6.53. The van der Waals surface area contributed by atoms with Gasteiger partial charge in [0, 0.05) is 6.42 Å². The lowest BCUT2D eigenvalue weighted by atomic mass is 9.47. The third-order valence-electron chi connectivity index (χ3n) is 7.91. The van der Waals surface area contributed by atoms with E-state index in [2.05, 4.69) is 13.8 Å². The summed E-state index contributed by atoms with van der Waals surface area (Å²) in [7, 11) is 0. The summed E-state index contributed by atoms with van der Waals surface area (Å²) in [6, 6.07) is 0. The number of hydrogen-bond donors (Lipinski definition) is 1. The molecule has 0 saturated heterocycles. The molecule has 4 rings (SSSR count). The summed E-state index contributed by atoms with van der Waals surface area (Å²) in [6.45, 7) is 4.76. The fourth-order valence-electron chi connectivity index (χ4n) is 6.53. The molecule has 0 bridgehead atoms. The molecule has 0 amide bonds. The Morgan fingerprint density at radius 2 is 1.86 bits per heavy atom. The van der Waals surface area contributed by atoms with Crippen LogP contribution in [-0.2, 0) is 4.79 Å². The van der Waals surface area contributed by atoms with Crippen LogP contribution in [-0.4, -0.2) is 17.0 Å². The quantitative estimate of drug-likeness (QED) is 0.734. The minimum absolute atomic E-state index is 0.0823. The topological polar surface area (TPSA) is 37.3 Å². The van der Waals surface area contributed by atoms with Gasteiger partial charge in [-0.1, -0.05) is 19.4 Å². The molecule has 3 saturated carbocycles. The predicted molar refractivity (Wildman–Crippen MR) is 82.7 cm³/mol. The van der Waals surface area contributed by atoms with Gasteiger partial charge in [-0.2, -0.15) is 0 Å². The molecule has 1 unspecified atom stereocenters.